The Morgan fingerprint density at radius 1 is 0.944 bits per heavy atom. The minimum Gasteiger partial charge on any atom is -0.171 e. The van der Waals surface area contributed by atoms with Gasteiger partial charge in [0.1, 0.15) is 0 Å². The maximum absolute atomic E-state index is 13.2. The second-order valence-electron chi connectivity index (χ2n) is 6.24. The van der Waals surface area contributed by atoms with Crippen LogP contribution in [0, 0.1) is 29.6 Å². The summed E-state index contributed by atoms with van der Waals surface area (Å²) in [4.78, 5) is 0. The lowest BCUT2D eigenvalue weighted by Gasteiger charge is -2.42. The van der Waals surface area contributed by atoms with Gasteiger partial charge < -0.3 is 0 Å². The Morgan fingerprint density at radius 2 is 1.67 bits per heavy atom. The van der Waals surface area contributed by atoms with Crippen LogP contribution in [0.2, 0.25) is 0 Å². The van der Waals surface area contributed by atoms with Crippen LogP contribution in [-0.2, 0) is 0 Å². The molecule has 0 nitrogen and oxygen atoms in total. The third-order valence-corrected chi connectivity index (χ3v) is 4.85. The van der Waals surface area contributed by atoms with Gasteiger partial charge in [0.15, 0.2) is 0 Å². The third-order valence-electron chi connectivity index (χ3n) is 4.85. The summed E-state index contributed by atoms with van der Waals surface area (Å²) in [6.45, 7) is 4.15. The molecule has 0 bridgehead atoms. The molecule has 0 heterocycles. The van der Waals surface area contributed by atoms with E-state index >= 15 is 0 Å². The molecular formula is C15H23F3. The molecule has 5 unspecified atom stereocenters. The van der Waals surface area contributed by atoms with Crippen LogP contribution in [0.3, 0.4) is 0 Å². The highest BCUT2D eigenvalue weighted by Crippen LogP contribution is 2.49. The third kappa shape index (κ3) is 2.92. The van der Waals surface area contributed by atoms with E-state index in [2.05, 4.69) is 19.1 Å². The van der Waals surface area contributed by atoms with Crippen molar-refractivity contribution in [2.24, 2.45) is 29.6 Å². The second-order valence-corrected chi connectivity index (χ2v) is 6.24. The van der Waals surface area contributed by atoms with Crippen LogP contribution in [0.15, 0.2) is 12.2 Å². The molecule has 0 aromatic carbocycles. The van der Waals surface area contributed by atoms with Crippen molar-refractivity contribution in [2.75, 3.05) is 0 Å². The molecule has 104 valence electrons. The Morgan fingerprint density at radius 3 is 2.22 bits per heavy atom. The first-order valence-corrected chi connectivity index (χ1v) is 7.14. The minimum absolute atomic E-state index is 0.142. The fourth-order valence-corrected chi connectivity index (χ4v) is 3.84. The normalized spacial score (nSPS) is 41.9. The monoisotopic (exact) mass is 260 g/mol. The van der Waals surface area contributed by atoms with Crippen molar-refractivity contribution in [1.29, 1.82) is 0 Å². The molecular weight excluding hydrogens is 237 g/mol. The van der Waals surface area contributed by atoms with Crippen molar-refractivity contribution in [3.63, 3.8) is 0 Å². The van der Waals surface area contributed by atoms with E-state index < -0.39 is 12.1 Å². The summed E-state index contributed by atoms with van der Waals surface area (Å²) in [6, 6.07) is 0. The van der Waals surface area contributed by atoms with Gasteiger partial charge in [-0.15, -0.1) is 0 Å². The molecule has 0 aromatic heterocycles. The Hall–Kier alpha value is -0.470. The highest BCUT2D eigenvalue weighted by atomic mass is 19.4. The molecule has 2 aliphatic carbocycles. The van der Waals surface area contributed by atoms with Crippen LogP contribution < -0.4 is 0 Å². The van der Waals surface area contributed by atoms with Gasteiger partial charge in [-0.3, -0.25) is 0 Å². The van der Waals surface area contributed by atoms with Gasteiger partial charge in [-0.2, -0.15) is 13.2 Å². The van der Waals surface area contributed by atoms with Gasteiger partial charge in [0.2, 0.25) is 0 Å². The topological polar surface area (TPSA) is 0 Å². The van der Waals surface area contributed by atoms with Crippen LogP contribution in [0.5, 0.6) is 0 Å². The van der Waals surface area contributed by atoms with Gasteiger partial charge in [-0.25, -0.2) is 0 Å². The Labute approximate surface area is 108 Å². The highest BCUT2D eigenvalue weighted by Gasteiger charge is 2.49. The lowest BCUT2D eigenvalue weighted by atomic mass is 9.64. The Bertz CT molecular complexity index is 305. The molecule has 1 fully saturated rings. The average Bonchev–Trinajstić information content (AvgIpc) is 2.29. The van der Waals surface area contributed by atoms with E-state index in [9.17, 15) is 13.2 Å². The first kappa shape index (κ1) is 14.0. The first-order chi connectivity index (χ1) is 8.39. The van der Waals surface area contributed by atoms with Crippen LogP contribution in [0.4, 0.5) is 13.2 Å². The highest BCUT2D eigenvalue weighted by molar-refractivity contribution is 5.02. The molecule has 0 amide bonds. The average molecular weight is 260 g/mol. The number of hydrogen-bond acceptors (Lipinski definition) is 0. The van der Waals surface area contributed by atoms with E-state index in [-0.39, 0.29) is 17.8 Å². The number of rotatable bonds is 1. The molecule has 3 heteroatoms. The Balaban J connectivity index is 2.17. The van der Waals surface area contributed by atoms with Gasteiger partial charge in [-0.1, -0.05) is 38.8 Å². The van der Waals surface area contributed by atoms with Gasteiger partial charge in [0, 0.05) is 0 Å². The molecule has 0 aromatic rings. The zero-order valence-corrected chi connectivity index (χ0v) is 11.2. The maximum atomic E-state index is 13.2. The van der Waals surface area contributed by atoms with Crippen LogP contribution in [0.1, 0.15) is 46.0 Å². The summed E-state index contributed by atoms with van der Waals surface area (Å²) >= 11 is 0. The fraction of sp³-hybridized carbons (Fsp3) is 0.867. The Kier molecular flexibility index (Phi) is 4.08. The van der Waals surface area contributed by atoms with Crippen molar-refractivity contribution in [3.05, 3.63) is 12.2 Å². The van der Waals surface area contributed by atoms with Crippen molar-refractivity contribution in [2.45, 2.75) is 52.1 Å². The molecule has 0 radical (unpaired) electrons. The largest absolute Gasteiger partial charge is 0.392 e. The minimum atomic E-state index is -4.02. The van der Waals surface area contributed by atoms with E-state index in [1.807, 2.05) is 6.92 Å². The molecule has 2 aliphatic rings. The second kappa shape index (κ2) is 5.26. The van der Waals surface area contributed by atoms with Crippen LogP contribution in [0.25, 0.3) is 0 Å². The van der Waals surface area contributed by atoms with E-state index in [4.69, 9.17) is 0 Å². The van der Waals surface area contributed by atoms with Crippen molar-refractivity contribution in [3.8, 4) is 0 Å². The molecule has 2 rings (SSSR count). The van der Waals surface area contributed by atoms with Gasteiger partial charge in [0.05, 0.1) is 5.92 Å². The first-order valence-electron chi connectivity index (χ1n) is 7.14. The standard InChI is InChI=1S/C15H23F3/c1-10-6-8-12(9-7-10)14-11(2)4-3-5-13(14)15(16,17)18/h6,8,10-14H,3-5,7,9H2,1-2H3. The smallest absolute Gasteiger partial charge is 0.171 e. The molecule has 5 atom stereocenters. The van der Waals surface area contributed by atoms with Gasteiger partial charge in [-0.05, 0) is 42.9 Å². The number of allylic oxidation sites excluding steroid dienone is 2. The van der Waals surface area contributed by atoms with Gasteiger partial charge >= 0.3 is 6.18 Å². The van der Waals surface area contributed by atoms with Crippen LogP contribution in [-0.4, -0.2) is 6.18 Å². The molecule has 1 saturated carbocycles. The SMILES string of the molecule is CC1C=CC(C2C(C)CCCC2C(F)(F)F)CC1. The zero-order chi connectivity index (χ0) is 13.3. The summed E-state index contributed by atoms with van der Waals surface area (Å²) < 4.78 is 39.5. The lowest BCUT2D eigenvalue weighted by Crippen LogP contribution is -2.41. The number of hydrogen-bond donors (Lipinski definition) is 0. The predicted octanol–water partition coefficient (Wildman–Crippen LogP) is 5.20. The molecule has 0 spiro atoms. The van der Waals surface area contributed by atoms with E-state index in [1.54, 1.807) is 0 Å². The van der Waals surface area contributed by atoms with Crippen molar-refractivity contribution in [1.82, 2.24) is 0 Å². The van der Waals surface area contributed by atoms with Crippen LogP contribution >= 0.6 is 0 Å². The molecule has 18 heavy (non-hydrogen) atoms. The van der Waals surface area contributed by atoms with Gasteiger partial charge in [0.25, 0.3) is 0 Å². The quantitative estimate of drug-likeness (QED) is 0.568. The molecule has 0 N–H and O–H groups in total. The van der Waals surface area contributed by atoms with E-state index in [0.29, 0.717) is 12.3 Å². The lowest BCUT2D eigenvalue weighted by molar-refractivity contribution is -0.206. The summed E-state index contributed by atoms with van der Waals surface area (Å²) in [6.07, 6.45) is 4.15. The zero-order valence-electron chi connectivity index (χ0n) is 11.2. The molecule has 0 saturated heterocycles. The molecule has 0 aliphatic heterocycles. The van der Waals surface area contributed by atoms with Crippen molar-refractivity contribution < 1.29 is 13.2 Å². The number of halogens is 3. The number of alkyl halides is 3. The predicted molar refractivity (Wildman–Crippen MR) is 67.1 cm³/mol. The summed E-state index contributed by atoms with van der Waals surface area (Å²) in [5.74, 6) is -0.396. The summed E-state index contributed by atoms with van der Waals surface area (Å²) in [7, 11) is 0. The van der Waals surface area contributed by atoms with E-state index in [1.165, 1.54) is 0 Å². The van der Waals surface area contributed by atoms with Crippen molar-refractivity contribution >= 4 is 0 Å². The maximum Gasteiger partial charge on any atom is 0.392 e. The summed E-state index contributed by atoms with van der Waals surface area (Å²) in [5.41, 5.74) is 0. The summed E-state index contributed by atoms with van der Waals surface area (Å²) in [5, 5.41) is 0. The van der Waals surface area contributed by atoms with E-state index in [0.717, 1.165) is 25.7 Å². The fourth-order valence-electron chi connectivity index (χ4n) is 3.84.